The van der Waals surface area contributed by atoms with Gasteiger partial charge >= 0.3 is 0 Å². The average molecular weight is 500 g/mol. The summed E-state index contributed by atoms with van der Waals surface area (Å²) in [6.45, 7) is 5.38. The Hall–Kier alpha value is -3.21. The molecule has 4 unspecified atom stereocenters. The number of amides is 1. The van der Waals surface area contributed by atoms with Crippen molar-refractivity contribution in [3.8, 4) is 5.75 Å². The van der Waals surface area contributed by atoms with Crippen LogP contribution >= 0.6 is 0 Å². The van der Waals surface area contributed by atoms with E-state index in [9.17, 15) is 34.8 Å². The van der Waals surface area contributed by atoms with E-state index in [2.05, 4.69) is 19.2 Å². The van der Waals surface area contributed by atoms with Crippen LogP contribution in [0.2, 0.25) is 0 Å². The number of ketones is 2. The third kappa shape index (κ3) is 3.71. The van der Waals surface area contributed by atoms with Crippen LogP contribution in [-0.4, -0.2) is 75.1 Å². The summed E-state index contributed by atoms with van der Waals surface area (Å²) in [4.78, 5) is 40.5. The van der Waals surface area contributed by atoms with E-state index in [0.717, 1.165) is 12.1 Å². The zero-order valence-corrected chi connectivity index (χ0v) is 20.8. The minimum atomic E-state index is -2.63. The van der Waals surface area contributed by atoms with Crippen LogP contribution in [0.4, 0.5) is 0 Å². The number of rotatable bonds is 6. The van der Waals surface area contributed by atoms with Crippen molar-refractivity contribution in [2.24, 2.45) is 23.5 Å². The lowest BCUT2D eigenvalue weighted by atomic mass is 9.58. The molecule has 0 heterocycles. The molecule has 10 nitrogen and oxygen atoms in total. The van der Waals surface area contributed by atoms with Crippen LogP contribution in [0, 0.1) is 17.8 Å². The molecule has 10 heteroatoms. The fourth-order valence-corrected chi connectivity index (χ4v) is 5.98. The number of benzene rings is 1. The second-order valence-electron chi connectivity index (χ2n) is 10.6. The van der Waals surface area contributed by atoms with E-state index in [1.54, 1.807) is 20.2 Å². The molecule has 0 saturated heterocycles. The number of allylic oxidation sites excluding steroid dienone is 1. The fraction of sp³-hybridized carbons (Fsp3) is 0.500. The Labute approximate surface area is 209 Å². The van der Waals surface area contributed by atoms with Gasteiger partial charge in [-0.1, -0.05) is 19.9 Å². The summed E-state index contributed by atoms with van der Waals surface area (Å²) in [6.07, 6.45) is 0.349. The normalized spacial score (nSPS) is 27.9. The highest BCUT2D eigenvalue weighted by Gasteiger charge is 2.63. The van der Waals surface area contributed by atoms with Gasteiger partial charge in [0.2, 0.25) is 5.78 Å². The maximum absolute atomic E-state index is 13.7. The van der Waals surface area contributed by atoms with Crippen molar-refractivity contribution in [2.75, 3.05) is 20.6 Å². The SMILES string of the molecule is CC(C)CNCc1ccc(O)c2c1CC1CC3C(N(C)C)C(O)=C(C(N)=O)C(=O)C3(O)C(O)=C1C2=O. The van der Waals surface area contributed by atoms with Gasteiger partial charge in [0, 0.05) is 18.0 Å². The number of nitrogens with zero attached hydrogens (tertiary/aromatic N) is 1. The molecule has 0 saturated carbocycles. The highest BCUT2D eigenvalue weighted by molar-refractivity contribution is 6.24. The fourth-order valence-electron chi connectivity index (χ4n) is 5.98. The summed E-state index contributed by atoms with van der Waals surface area (Å²) in [5, 5.41) is 47.6. The summed E-state index contributed by atoms with van der Waals surface area (Å²) >= 11 is 0. The molecule has 194 valence electrons. The quantitative estimate of drug-likeness (QED) is 0.310. The molecule has 0 aromatic heterocycles. The predicted molar refractivity (Wildman–Crippen MR) is 130 cm³/mol. The predicted octanol–water partition coefficient (Wildman–Crippen LogP) is 0.866. The molecule has 0 fully saturated rings. The first-order valence-electron chi connectivity index (χ1n) is 12.0. The number of phenolic OH excluding ortho intramolecular Hbond substituents is 1. The van der Waals surface area contributed by atoms with Gasteiger partial charge in [0.1, 0.15) is 22.8 Å². The van der Waals surface area contributed by atoms with Crippen molar-refractivity contribution in [1.29, 1.82) is 0 Å². The van der Waals surface area contributed by atoms with Crippen LogP contribution in [0.25, 0.3) is 0 Å². The van der Waals surface area contributed by atoms with Crippen LogP contribution in [0.15, 0.2) is 34.8 Å². The Kier molecular flexibility index (Phi) is 6.48. The van der Waals surface area contributed by atoms with Crippen molar-refractivity contribution in [3.05, 3.63) is 51.5 Å². The Morgan fingerprint density at radius 2 is 1.89 bits per heavy atom. The number of nitrogens with two attached hydrogens (primary N) is 1. The molecule has 0 spiro atoms. The first-order chi connectivity index (χ1) is 16.8. The van der Waals surface area contributed by atoms with Gasteiger partial charge in [-0.15, -0.1) is 0 Å². The summed E-state index contributed by atoms with van der Waals surface area (Å²) in [7, 11) is 3.20. The third-order valence-electron chi connectivity index (χ3n) is 7.57. The van der Waals surface area contributed by atoms with Gasteiger partial charge in [0.05, 0.1) is 11.6 Å². The lowest BCUT2D eigenvalue weighted by molar-refractivity contribution is -0.148. The summed E-state index contributed by atoms with van der Waals surface area (Å²) < 4.78 is 0. The molecule has 4 rings (SSSR count). The first kappa shape index (κ1) is 25.9. The smallest absolute Gasteiger partial charge is 0.255 e. The zero-order chi connectivity index (χ0) is 26.7. The molecule has 3 aliphatic carbocycles. The van der Waals surface area contributed by atoms with E-state index in [4.69, 9.17) is 5.73 Å². The topological polar surface area (TPSA) is 173 Å². The molecule has 1 aromatic carbocycles. The highest BCUT2D eigenvalue weighted by atomic mass is 16.3. The molecule has 36 heavy (non-hydrogen) atoms. The zero-order valence-electron chi connectivity index (χ0n) is 20.8. The molecule has 3 aliphatic rings. The van der Waals surface area contributed by atoms with Crippen LogP contribution in [0.5, 0.6) is 5.75 Å². The van der Waals surface area contributed by atoms with Crippen molar-refractivity contribution >= 4 is 17.5 Å². The largest absolute Gasteiger partial charge is 0.510 e. The number of primary amides is 1. The molecule has 0 bridgehead atoms. The Balaban J connectivity index is 1.86. The van der Waals surface area contributed by atoms with Gasteiger partial charge < -0.3 is 31.5 Å². The monoisotopic (exact) mass is 499 g/mol. The number of likely N-dealkylation sites (N-methyl/N-ethyl adjacent to an activating group) is 1. The number of aromatic hydroxyl groups is 1. The van der Waals surface area contributed by atoms with Gasteiger partial charge in [-0.25, -0.2) is 0 Å². The lowest BCUT2D eigenvalue weighted by Crippen LogP contribution is -2.63. The molecule has 1 amide bonds. The second-order valence-corrected chi connectivity index (χ2v) is 10.6. The second kappa shape index (κ2) is 9.02. The standard InChI is InChI=1S/C26H33N3O7/c1-11(2)9-28-10-12-5-6-16(30)18-14(12)7-13-8-15-20(29(3)4)22(32)19(25(27)35)24(34)26(15,36)23(33)17(13)21(18)31/h5-6,11,13,15,20,28,30,32-33,36H,7-10H2,1-4H3,(H2,27,35). The van der Waals surface area contributed by atoms with Crippen molar-refractivity contribution in [2.45, 2.75) is 44.9 Å². The number of carbonyl (C=O) groups excluding carboxylic acids is 3. The molecule has 0 radical (unpaired) electrons. The first-order valence-corrected chi connectivity index (χ1v) is 12.0. The van der Waals surface area contributed by atoms with E-state index >= 15 is 0 Å². The van der Waals surface area contributed by atoms with E-state index in [-0.39, 0.29) is 29.7 Å². The Bertz CT molecular complexity index is 1220. The number of aliphatic hydroxyl groups excluding tert-OH is 2. The minimum Gasteiger partial charge on any atom is -0.510 e. The number of phenols is 1. The van der Waals surface area contributed by atoms with E-state index in [0.29, 0.717) is 18.0 Å². The highest BCUT2D eigenvalue weighted by Crippen LogP contribution is 2.52. The van der Waals surface area contributed by atoms with Gasteiger partial charge in [-0.2, -0.15) is 0 Å². The van der Waals surface area contributed by atoms with Crippen molar-refractivity contribution in [1.82, 2.24) is 10.2 Å². The maximum atomic E-state index is 13.7. The van der Waals surface area contributed by atoms with E-state index in [1.807, 2.05) is 0 Å². The van der Waals surface area contributed by atoms with Gasteiger partial charge in [-0.3, -0.25) is 19.3 Å². The Morgan fingerprint density at radius 1 is 1.22 bits per heavy atom. The summed E-state index contributed by atoms with van der Waals surface area (Å²) in [6, 6.07) is 2.16. The van der Waals surface area contributed by atoms with Crippen LogP contribution in [-0.2, 0) is 22.6 Å². The molecular weight excluding hydrogens is 466 g/mol. The Morgan fingerprint density at radius 3 is 2.47 bits per heavy atom. The van der Waals surface area contributed by atoms with Gasteiger partial charge in [0.25, 0.3) is 5.91 Å². The van der Waals surface area contributed by atoms with Gasteiger partial charge in [0.15, 0.2) is 11.4 Å². The molecule has 4 atom stereocenters. The minimum absolute atomic E-state index is 0.0274. The van der Waals surface area contributed by atoms with Crippen LogP contribution < -0.4 is 11.1 Å². The average Bonchev–Trinajstić information content (AvgIpc) is 2.77. The number of aliphatic hydroxyl groups is 3. The molecule has 1 aromatic rings. The third-order valence-corrected chi connectivity index (χ3v) is 7.57. The number of Topliss-reactive ketones (excluding diaryl/α,β-unsaturated/α-hetero) is 2. The van der Waals surface area contributed by atoms with Crippen LogP contribution in [0.1, 0.15) is 41.8 Å². The maximum Gasteiger partial charge on any atom is 0.255 e. The van der Waals surface area contributed by atoms with Crippen molar-refractivity contribution in [3.63, 3.8) is 0 Å². The molecule has 7 N–H and O–H groups in total. The molecular formula is C26H33N3O7. The summed E-state index contributed by atoms with van der Waals surface area (Å²) in [5.74, 6) is -6.06. The van der Waals surface area contributed by atoms with Crippen LogP contribution in [0.3, 0.4) is 0 Å². The number of carbonyl (C=O) groups is 3. The van der Waals surface area contributed by atoms with Gasteiger partial charge in [-0.05, 0) is 62.5 Å². The number of hydrogen-bond donors (Lipinski definition) is 6. The molecule has 0 aliphatic heterocycles. The lowest BCUT2D eigenvalue weighted by Gasteiger charge is -2.50. The summed E-state index contributed by atoms with van der Waals surface area (Å²) in [5.41, 5.74) is 3.25. The van der Waals surface area contributed by atoms with Crippen molar-refractivity contribution < 1.29 is 34.8 Å². The number of nitrogens with one attached hydrogen (secondary N) is 1. The van der Waals surface area contributed by atoms with E-state index < -0.39 is 58.0 Å². The number of hydrogen-bond acceptors (Lipinski definition) is 9. The number of fused-ring (bicyclic) bond motifs is 3. The van der Waals surface area contributed by atoms with E-state index in [1.165, 1.54) is 11.0 Å².